The van der Waals surface area contributed by atoms with Crippen molar-refractivity contribution in [3.8, 4) is 0 Å². The topological polar surface area (TPSA) is 14.1 Å². The predicted octanol–water partition coefficient (Wildman–Crippen LogP) is 1.56. The maximum Gasteiger partial charge on any atom is 0.123 e. The molecule has 1 rings (SSSR count). The van der Waals surface area contributed by atoms with E-state index in [0.717, 1.165) is 5.56 Å². The van der Waals surface area contributed by atoms with Crippen LogP contribution in [0.5, 0.6) is 0 Å². The molecule has 0 bridgehead atoms. The minimum absolute atomic E-state index is 0.195. The van der Waals surface area contributed by atoms with Crippen LogP contribution in [0, 0.1) is 5.82 Å². The summed E-state index contributed by atoms with van der Waals surface area (Å²) < 4.78 is 12.3. The Balaban J connectivity index is 2.69. The summed E-state index contributed by atoms with van der Waals surface area (Å²) in [6, 6.07) is 6.37. The Morgan fingerprint density at radius 1 is 1.30 bits per heavy atom. The van der Waals surface area contributed by atoms with E-state index in [9.17, 15) is 4.39 Å². The first-order valence-corrected chi connectivity index (χ1v) is 3.13. The molecule has 1 radical (unpaired) electrons. The van der Waals surface area contributed by atoms with Crippen molar-refractivity contribution in [3.63, 3.8) is 0 Å². The lowest BCUT2D eigenvalue weighted by atomic mass is 10.2. The van der Waals surface area contributed by atoms with Crippen LogP contribution in [0.1, 0.15) is 5.56 Å². The molecule has 0 saturated heterocycles. The van der Waals surface area contributed by atoms with Gasteiger partial charge >= 0.3 is 0 Å². The molecule has 10 heavy (non-hydrogen) atoms. The largest absolute Gasteiger partial charge is 0.240 e. The zero-order valence-corrected chi connectivity index (χ0v) is 5.84. The quantitative estimate of drug-likeness (QED) is 0.588. The van der Waals surface area contributed by atoms with Gasteiger partial charge in [0.15, 0.2) is 0 Å². The van der Waals surface area contributed by atoms with Crippen LogP contribution >= 0.6 is 0 Å². The second-order valence-electron chi connectivity index (χ2n) is 2.10. The standard InChI is InChI=1S/C8H9FN/c1-10-6-7-2-4-8(9)5-3-7/h2-5H,6H2,1H3. The van der Waals surface area contributed by atoms with Crippen LogP contribution in [-0.4, -0.2) is 7.05 Å². The summed E-state index contributed by atoms with van der Waals surface area (Å²) in [6.07, 6.45) is 0. The zero-order chi connectivity index (χ0) is 7.40. The fourth-order valence-electron chi connectivity index (χ4n) is 0.772. The summed E-state index contributed by atoms with van der Waals surface area (Å²) in [4.78, 5) is 0. The minimum atomic E-state index is -0.195. The Labute approximate surface area is 59.9 Å². The molecule has 1 aromatic rings. The van der Waals surface area contributed by atoms with E-state index in [-0.39, 0.29) is 5.82 Å². The molecule has 0 spiro atoms. The first-order valence-electron chi connectivity index (χ1n) is 3.13. The molecule has 0 N–H and O–H groups in total. The molecule has 2 heteroatoms. The average molecular weight is 138 g/mol. The molecule has 0 aromatic heterocycles. The number of hydrogen-bond donors (Lipinski definition) is 0. The molecule has 53 valence electrons. The third-order valence-corrected chi connectivity index (χ3v) is 1.25. The molecule has 0 atom stereocenters. The Bertz CT molecular complexity index is 193. The second kappa shape index (κ2) is 3.32. The van der Waals surface area contributed by atoms with Crippen LogP contribution in [0.15, 0.2) is 24.3 Å². The van der Waals surface area contributed by atoms with Gasteiger partial charge in [0.2, 0.25) is 0 Å². The van der Waals surface area contributed by atoms with Gasteiger partial charge in [-0.15, -0.1) is 0 Å². The van der Waals surface area contributed by atoms with Crippen molar-refractivity contribution < 1.29 is 4.39 Å². The van der Waals surface area contributed by atoms with Crippen molar-refractivity contribution in [1.82, 2.24) is 5.32 Å². The normalized spacial score (nSPS) is 9.80. The SMILES string of the molecule is C[N]Cc1ccc(F)cc1. The summed E-state index contributed by atoms with van der Waals surface area (Å²) in [5, 5.41) is 3.91. The van der Waals surface area contributed by atoms with Gasteiger partial charge in [-0.05, 0) is 17.7 Å². The van der Waals surface area contributed by atoms with E-state index in [1.807, 2.05) is 0 Å². The Kier molecular flexibility index (Phi) is 2.40. The van der Waals surface area contributed by atoms with Crippen LogP contribution in [0.25, 0.3) is 0 Å². The van der Waals surface area contributed by atoms with Crippen LogP contribution in [-0.2, 0) is 6.54 Å². The van der Waals surface area contributed by atoms with E-state index in [1.165, 1.54) is 12.1 Å². The predicted molar refractivity (Wildman–Crippen MR) is 38.2 cm³/mol. The maximum atomic E-state index is 12.3. The summed E-state index contributed by atoms with van der Waals surface area (Å²) in [5.41, 5.74) is 1.05. The van der Waals surface area contributed by atoms with Gasteiger partial charge in [-0.2, -0.15) is 0 Å². The molecular formula is C8H9FN. The lowest BCUT2D eigenvalue weighted by Gasteiger charge is -1.95. The molecule has 0 amide bonds. The number of benzene rings is 1. The summed E-state index contributed by atoms with van der Waals surface area (Å²) >= 11 is 0. The highest BCUT2D eigenvalue weighted by Crippen LogP contribution is 2.01. The molecule has 1 nitrogen and oxygen atoms in total. The van der Waals surface area contributed by atoms with Gasteiger partial charge in [-0.1, -0.05) is 12.1 Å². The monoisotopic (exact) mass is 138 g/mol. The van der Waals surface area contributed by atoms with Crippen LogP contribution < -0.4 is 5.32 Å². The Morgan fingerprint density at radius 2 is 1.90 bits per heavy atom. The van der Waals surface area contributed by atoms with E-state index >= 15 is 0 Å². The van der Waals surface area contributed by atoms with E-state index in [4.69, 9.17) is 0 Å². The Hall–Kier alpha value is -0.890. The molecule has 0 unspecified atom stereocenters. The van der Waals surface area contributed by atoms with Crippen molar-refractivity contribution in [3.05, 3.63) is 35.6 Å². The highest BCUT2D eigenvalue weighted by atomic mass is 19.1. The van der Waals surface area contributed by atoms with Crippen LogP contribution in [0.4, 0.5) is 4.39 Å². The van der Waals surface area contributed by atoms with Crippen LogP contribution in [0.2, 0.25) is 0 Å². The number of nitrogens with zero attached hydrogens (tertiary/aromatic N) is 1. The fraction of sp³-hybridized carbons (Fsp3) is 0.250. The van der Waals surface area contributed by atoms with E-state index < -0.39 is 0 Å². The van der Waals surface area contributed by atoms with Crippen molar-refractivity contribution >= 4 is 0 Å². The molecule has 0 heterocycles. The third-order valence-electron chi connectivity index (χ3n) is 1.25. The third kappa shape index (κ3) is 1.81. The van der Waals surface area contributed by atoms with Crippen molar-refractivity contribution in [2.75, 3.05) is 7.05 Å². The number of hydrogen-bond acceptors (Lipinski definition) is 0. The smallest absolute Gasteiger partial charge is 0.123 e. The second-order valence-corrected chi connectivity index (χ2v) is 2.10. The van der Waals surface area contributed by atoms with E-state index in [0.29, 0.717) is 6.54 Å². The molecule has 0 aliphatic carbocycles. The highest BCUT2D eigenvalue weighted by Gasteiger charge is 1.90. The molecular weight excluding hydrogens is 129 g/mol. The lowest BCUT2D eigenvalue weighted by Crippen LogP contribution is -1.96. The Morgan fingerprint density at radius 3 is 2.40 bits per heavy atom. The van der Waals surface area contributed by atoms with Crippen LogP contribution in [0.3, 0.4) is 0 Å². The summed E-state index contributed by atoms with van der Waals surface area (Å²) in [7, 11) is 1.74. The first kappa shape index (κ1) is 7.22. The van der Waals surface area contributed by atoms with Gasteiger partial charge < -0.3 is 0 Å². The first-order chi connectivity index (χ1) is 4.83. The number of halogens is 1. The lowest BCUT2D eigenvalue weighted by molar-refractivity contribution is 0.626. The van der Waals surface area contributed by atoms with Gasteiger partial charge in [-0.25, -0.2) is 9.71 Å². The molecule has 0 saturated carbocycles. The maximum absolute atomic E-state index is 12.3. The van der Waals surface area contributed by atoms with Gasteiger partial charge in [-0.3, -0.25) is 0 Å². The van der Waals surface area contributed by atoms with Crippen molar-refractivity contribution in [2.24, 2.45) is 0 Å². The molecule has 0 aliphatic heterocycles. The average Bonchev–Trinajstić information content (AvgIpc) is 1.95. The highest BCUT2D eigenvalue weighted by molar-refractivity contribution is 5.15. The number of rotatable bonds is 2. The van der Waals surface area contributed by atoms with Gasteiger partial charge in [0.25, 0.3) is 0 Å². The van der Waals surface area contributed by atoms with Gasteiger partial charge in [0, 0.05) is 13.6 Å². The minimum Gasteiger partial charge on any atom is -0.240 e. The van der Waals surface area contributed by atoms with E-state index in [2.05, 4.69) is 5.32 Å². The fourth-order valence-corrected chi connectivity index (χ4v) is 0.772. The summed E-state index contributed by atoms with van der Waals surface area (Å²) in [5.74, 6) is -0.195. The zero-order valence-electron chi connectivity index (χ0n) is 5.84. The molecule has 0 aliphatic rings. The van der Waals surface area contributed by atoms with Crippen molar-refractivity contribution in [1.29, 1.82) is 0 Å². The molecule has 0 fully saturated rings. The van der Waals surface area contributed by atoms with Crippen molar-refractivity contribution in [2.45, 2.75) is 6.54 Å². The van der Waals surface area contributed by atoms with E-state index in [1.54, 1.807) is 19.2 Å². The molecule has 1 aromatic carbocycles. The van der Waals surface area contributed by atoms with Gasteiger partial charge in [0.1, 0.15) is 5.82 Å². The van der Waals surface area contributed by atoms with Gasteiger partial charge in [0.05, 0.1) is 0 Å². The summed E-state index contributed by atoms with van der Waals surface area (Å²) in [6.45, 7) is 0.667.